The van der Waals surface area contributed by atoms with Crippen LogP contribution in [0.1, 0.15) is 13.3 Å². The van der Waals surface area contributed by atoms with Gasteiger partial charge < -0.3 is 20.3 Å². The van der Waals surface area contributed by atoms with E-state index in [4.69, 9.17) is 4.74 Å². The Morgan fingerprint density at radius 1 is 1.27 bits per heavy atom. The van der Waals surface area contributed by atoms with Crippen LogP contribution in [0.15, 0.2) is 24.3 Å². The molecule has 0 aliphatic carbocycles. The van der Waals surface area contributed by atoms with Crippen molar-refractivity contribution in [3.05, 3.63) is 24.3 Å². The molecular formula is C17H26N3O5S+. The maximum atomic E-state index is 12.2. The Hall–Kier alpha value is -2.13. The molecule has 1 unspecified atom stereocenters. The zero-order chi connectivity index (χ0) is 19.2. The molecule has 1 heterocycles. The van der Waals surface area contributed by atoms with E-state index in [9.17, 15) is 18.0 Å². The summed E-state index contributed by atoms with van der Waals surface area (Å²) in [6.45, 7) is 2.76. The van der Waals surface area contributed by atoms with E-state index in [1.165, 1.54) is 0 Å². The molecule has 0 aromatic heterocycles. The topological polar surface area (TPSA) is 106 Å². The number of ether oxygens (including phenoxy) is 1. The maximum Gasteiger partial charge on any atom is 0.279 e. The standard InChI is InChI=1S/C17H25N3O5S/c1-3-20(11-17(22)19-14-7-8-26(23,24)12-14)10-16(21)18-13-5-4-6-15(9-13)25-2/h4-6,9,14H,3,7-8,10-12H2,1-2H3,(H,18,21)(H,19,22)/p+1/t14-/m1/s1. The van der Waals surface area contributed by atoms with Gasteiger partial charge in [0.2, 0.25) is 0 Å². The van der Waals surface area contributed by atoms with Crippen LogP contribution in [-0.2, 0) is 19.4 Å². The van der Waals surface area contributed by atoms with Crippen molar-refractivity contribution in [3.8, 4) is 5.75 Å². The van der Waals surface area contributed by atoms with Crippen LogP contribution in [0.3, 0.4) is 0 Å². The second kappa shape index (κ2) is 9.00. The van der Waals surface area contributed by atoms with Gasteiger partial charge >= 0.3 is 0 Å². The highest BCUT2D eigenvalue weighted by molar-refractivity contribution is 7.91. The number of likely N-dealkylation sites (N-methyl/N-ethyl adjacent to an activating group) is 1. The summed E-state index contributed by atoms with van der Waals surface area (Å²) in [7, 11) is -1.48. The molecule has 2 amide bonds. The number of sulfone groups is 1. The predicted octanol–water partition coefficient (Wildman–Crippen LogP) is -1.16. The van der Waals surface area contributed by atoms with E-state index in [0.29, 0.717) is 24.4 Å². The average Bonchev–Trinajstić information content (AvgIpc) is 2.92. The van der Waals surface area contributed by atoms with Gasteiger partial charge in [0.25, 0.3) is 11.8 Å². The Bertz CT molecular complexity index is 751. The zero-order valence-corrected chi connectivity index (χ0v) is 15.9. The number of amides is 2. The highest BCUT2D eigenvalue weighted by Crippen LogP contribution is 2.16. The van der Waals surface area contributed by atoms with E-state index in [1.807, 2.05) is 6.92 Å². The maximum absolute atomic E-state index is 12.2. The lowest BCUT2D eigenvalue weighted by Crippen LogP contribution is -3.14. The number of nitrogens with one attached hydrogen (secondary N) is 3. The number of rotatable bonds is 8. The molecule has 3 N–H and O–H groups in total. The molecule has 2 atom stereocenters. The third-order valence-corrected chi connectivity index (χ3v) is 6.04. The molecule has 1 aromatic rings. The lowest BCUT2D eigenvalue weighted by molar-refractivity contribution is -0.881. The van der Waals surface area contributed by atoms with Gasteiger partial charge in [0.15, 0.2) is 22.9 Å². The van der Waals surface area contributed by atoms with Crippen molar-refractivity contribution in [2.24, 2.45) is 0 Å². The SMILES string of the molecule is CC[NH+](CC(=O)Nc1cccc(OC)c1)CC(=O)N[C@@H]1CCS(=O)(=O)C1. The average molecular weight is 384 g/mol. The van der Waals surface area contributed by atoms with Crippen molar-refractivity contribution in [1.29, 1.82) is 0 Å². The highest BCUT2D eigenvalue weighted by Gasteiger charge is 2.29. The van der Waals surface area contributed by atoms with E-state index in [2.05, 4.69) is 10.6 Å². The summed E-state index contributed by atoms with van der Waals surface area (Å²) >= 11 is 0. The first-order valence-electron chi connectivity index (χ1n) is 8.58. The smallest absolute Gasteiger partial charge is 0.279 e. The monoisotopic (exact) mass is 384 g/mol. The lowest BCUT2D eigenvalue weighted by atomic mass is 10.2. The Morgan fingerprint density at radius 2 is 2.00 bits per heavy atom. The van der Waals surface area contributed by atoms with Gasteiger partial charge in [-0.25, -0.2) is 8.42 Å². The molecule has 1 aliphatic rings. The molecule has 0 saturated carbocycles. The van der Waals surface area contributed by atoms with Crippen LogP contribution in [0.4, 0.5) is 5.69 Å². The van der Waals surface area contributed by atoms with Crippen LogP contribution in [0.2, 0.25) is 0 Å². The van der Waals surface area contributed by atoms with Gasteiger partial charge in [-0.1, -0.05) is 6.07 Å². The van der Waals surface area contributed by atoms with Gasteiger partial charge in [0.1, 0.15) is 5.75 Å². The lowest BCUT2D eigenvalue weighted by Gasteiger charge is -2.18. The zero-order valence-electron chi connectivity index (χ0n) is 15.1. The highest BCUT2D eigenvalue weighted by atomic mass is 32.2. The van der Waals surface area contributed by atoms with Crippen molar-refractivity contribution in [1.82, 2.24) is 5.32 Å². The molecule has 9 heteroatoms. The van der Waals surface area contributed by atoms with Crippen molar-refractivity contribution < 1.29 is 27.6 Å². The number of benzene rings is 1. The number of carbonyl (C=O) groups excluding carboxylic acids is 2. The Kier molecular flexibility index (Phi) is 6.98. The number of hydrogen-bond acceptors (Lipinski definition) is 5. The third-order valence-electron chi connectivity index (χ3n) is 4.27. The molecule has 1 fully saturated rings. The number of methoxy groups -OCH3 is 1. The van der Waals surface area contributed by atoms with Gasteiger partial charge in [-0.15, -0.1) is 0 Å². The van der Waals surface area contributed by atoms with Gasteiger partial charge in [-0.2, -0.15) is 0 Å². The number of carbonyl (C=O) groups is 2. The second-order valence-electron chi connectivity index (χ2n) is 6.40. The molecule has 144 valence electrons. The van der Waals surface area contributed by atoms with Gasteiger partial charge in [0.05, 0.1) is 25.2 Å². The molecule has 1 saturated heterocycles. The molecule has 1 aromatic carbocycles. The first-order chi connectivity index (χ1) is 12.3. The minimum Gasteiger partial charge on any atom is -0.497 e. The molecule has 0 radical (unpaired) electrons. The molecule has 0 spiro atoms. The summed E-state index contributed by atoms with van der Waals surface area (Å²) < 4.78 is 28.0. The summed E-state index contributed by atoms with van der Waals surface area (Å²) in [6, 6.07) is 6.72. The van der Waals surface area contributed by atoms with E-state index in [-0.39, 0.29) is 42.5 Å². The fourth-order valence-corrected chi connectivity index (χ4v) is 4.53. The number of hydrogen-bond donors (Lipinski definition) is 3. The van der Waals surface area contributed by atoms with Gasteiger partial charge in [-0.05, 0) is 25.5 Å². The molecule has 8 nitrogen and oxygen atoms in total. The first kappa shape index (κ1) is 20.2. The number of quaternary nitrogens is 1. The Balaban J connectivity index is 1.82. The number of anilines is 1. The van der Waals surface area contributed by atoms with Crippen LogP contribution in [0.25, 0.3) is 0 Å². The fourth-order valence-electron chi connectivity index (χ4n) is 2.86. The summed E-state index contributed by atoms with van der Waals surface area (Å²) in [4.78, 5) is 25.1. The van der Waals surface area contributed by atoms with Crippen molar-refractivity contribution in [3.63, 3.8) is 0 Å². The minimum atomic E-state index is -3.03. The Labute approximate surface area is 153 Å². The first-order valence-corrected chi connectivity index (χ1v) is 10.4. The van der Waals surface area contributed by atoms with Crippen molar-refractivity contribution in [2.45, 2.75) is 19.4 Å². The van der Waals surface area contributed by atoms with E-state index in [0.717, 1.165) is 4.90 Å². The van der Waals surface area contributed by atoms with E-state index in [1.54, 1.807) is 31.4 Å². The molecule has 1 aliphatic heterocycles. The third kappa shape index (κ3) is 6.30. The summed E-state index contributed by atoms with van der Waals surface area (Å²) in [5.41, 5.74) is 0.630. The van der Waals surface area contributed by atoms with Crippen LogP contribution < -0.4 is 20.3 Å². The summed E-state index contributed by atoms with van der Waals surface area (Å²) in [5, 5.41) is 5.54. The van der Waals surface area contributed by atoms with E-state index >= 15 is 0 Å². The summed E-state index contributed by atoms with van der Waals surface area (Å²) in [5.74, 6) is 0.319. The minimum absolute atomic E-state index is 0.00345. The predicted molar refractivity (Wildman–Crippen MR) is 98.1 cm³/mol. The van der Waals surface area contributed by atoms with Crippen molar-refractivity contribution >= 4 is 27.3 Å². The largest absolute Gasteiger partial charge is 0.497 e. The van der Waals surface area contributed by atoms with Crippen LogP contribution in [0, 0.1) is 0 Å². The molecule has 26 heavy (non-hydrogen) atoms. The Morgan fingerprint density at radius 3 is 2.62 bits per heavy atom. The fraction of sp³-hybridized carbons (Fsp3) is 0.529. The van der Waals surface area contributed by atoms with Crippen LogP contribution in [0.5, 0.6) is 5.75 Å². The summed E-state index contributed by atoms with van der Waals surface area (Å²) in [6.07, 6.45) is 0.450. The van der Waals surface area contributed by atoms with Crippen molar-refractivity contribution in [2.75, 3.05) is 43.6 Å². The van der Waals surface area contributed by atoms with Crippen LogP contribution in [-0.4, -0.2) is 64.5 Å². The molecule has 2 rings (SSSR count). The van der Waals surface area contributed by atoms with E-state index < -0.39 is 9.84 Å². The van der Waals surface area contributed by atoms with Gasteiger partial charge in [0, 0.05) is 17.8 Å². The van der Waals surface area contributed by atoms with Gasteiger partial charge in [-0.3, -0.25) is 9.59 Å². The normalized spacial score (nSPS) is 19.5. The second-order valence-corrected chi connectivity index (χ2v) is 8.63. The van der Waals surface area contributed by atoms with Crippen LogP contribution >= 0.6 is 0 Å². The molecule has 0 bridgehead atoms. The molecular weight excluding hydrogens is 358 g/mol. The quantitative estimate of drug-likeness (QED) is 0.524.